The minimum atomic E-state index is 0.560. The summed E-state index contributed by atoms with van der Waals surface area (Å²) < 4.78 is 3.44. The zero-order valence-corrected chi connectivity index (χ0v) is 11.3. The van der Waals surface area contributed by atoms with E-state index in [4.69, 9.17) is 0 Å². The SMILES string of the molecule is Cc1nn(C)cc1-c1nn(-c2ccccc2)cc1C=O. The van der Waals surface area contributed by atoms with Gasteiger partial charge in [0.2, 0.25) is 0 Å². The number of rotatable bonds is 3. The minimum absolute atomic E-state index is 0.560. The molecule has 2 aromatic heterocycles. The van der Waals surface area contributed by atoms with Crippen LogP contribution in [0.25, 0.3) is 16.9 Å². The van der Waals surface area contributed by atoms with Crippen LogP contribution in [-0.2, 0) is 7.05 Å². The maximum Gasteiger partial charge on any atom is 0.153 e. The van der Waals surface area contributed by atoms with Gasteiger partial charge in [0, 0.05) is 25.0 Å². The third kappa shape index (κ3) is 2.03. The summed E-state index contributed by atoms with van der Waals surface area (Å²) >= 11 is 0. The van der Waals surface area contributed by atoms with Gasteiger partial charge in [0.25, 0.3) is 0 Å². The minimum Gasteiger partial charge on any atom is -0.298 e. The lowest BCUT2D eigenvalue weighted by atomic mass is 10.1. The number of nitrogens with zero attached hydrogens (tertiary/aromatic N) is 4. The van der Waals surface area contributed by atoms with Crippen molar-refractivity contribution >= 4 is 6.29 Å². The summed E-state index contributed by atoms with van der Waals surface area (Å²) in [6.45, 7) is 1.91. The number of carbonyl (C=O) groups excluding carboxylic acids is 1. The second kappa shape index (κ2) is 4.77. The van der Waals surface area contributed by atoms with Gasteiger partial charge in [-0.2, -0.15) is 10.2 Å². The fraction of sp³-hybridized carbons (Fsp3) is 0.133. The van der Waals surface area contributed by atoms with Gasteiger partial charge < -0.3 is 0 Å². The average Bonchev–Trinajstić information content (AvgIpc) is 3.02. The first-order chi connectivity index (χ1) is 9.69. The smallest absolute Gasteiger partial charge is 0.153 e. The lowest BCUT2D eigenvalue weighted by Crippen LogP contribution is -1.94. The Morgan fingerprint density at radius 1 is 1.10 bits per heavy atom. The van der Waals surface area contributed by atoms with Crippen molar-refractivity contribution in [2.45, 2.75) is 6.92 Å². The fourth-order valence-corrected chi connectivity index (χ4v) is 2.23. The zero-order valence-electron chi connectivity index (χ0n) is 11.3. The van der Waals surface area contributed by atoms with E-state index in [1.807, 2.05) is 50.5 Å². The highest BCUT2D eigenvalue weighted by Gasteiger charge is 2.15. The number of aromatic nitrogens is 4. The van der Waals surface area contributed by atoms with E-state index in [2.05, 4.69) is 10.2 Å². The Morgan fingerprint density at radius 3 is 2.45 bits per heavy atom. The molecule has 0 unspecified atom stereocenters. The van der Waals surface area contributed by atoms with Gasteiger partial charge in [-0.05, 0) is 19.1 Å². The predicted octanol–water partition coefficient (Wildman–Crippen LogP) is 2.39. The van der Waals surface area contributed by atoms with E-state index in [0.29, 0.717) is 11.3 Å². The summed E-state index contributed by atoms with van der Waals surface area (Å²) in [5, 5.41) is 8.82. The van der Waals surface area contributed by atoms with E-state index in [1.165, 1.54) is 0 Å². The van der Waals surface area contributed by atoms with Crippen LogP contribution in [0.5, 0.6) is 0 Å². The Balaban J connectivity index is 2.15. The first-order valence-corrected chi connectivity index (χ1v) is 6.30. The van der Waals surface area contributed by atoms with E-state index in [1.54, 1.807) is 15.6 Å². The summed E-state index contributed by atoms with van der Waals surface area (Å²) in [6, 6.07) is 9.71. The molecule has 100 valence electrons. The van der Waals surface area contributed by atoms with Crippen LogP contribution in [0.15, 0.2) is 42.7 Å². The van der Waals surface area contributed by atoms with Crippen molar-refractivity contribution < 1.29 is 4.79 Å². The Labute approximate surface area is 116 Å². The quantitative estimate of drug-likeness (QED) is 0.684. The topological polar surface area (TPSA) is 52.7 Å². The Hall–Kier alpha value is -2.69. The van der Waals surface area contributed by atoms with Crippen molar-refractivity contribution in [1.82, 2.24) is 19.6 Å². The first-order valence-electron chi connectivity index (χ1n) is 6.30. The molecule has 5 nitrogen and oxygen atoms in total. The third-order valence-corrected chi connectivity index (χ3v) is 3.16. The Morgan fingerprint density at radius 2 is 1.85 bits per heavy atom. The monoisotopic (exact) mass is 266 g/mol. The summed E-state index contributed by atoms with van der Waals surface area (Å²) in [4.78, 5) is 11.3. The van der Waals surface area contributed by atoms with Crippen LogP contribution < -0.4 is 0 Å². The van der Waals surface area contributed by atoms with Crippen LogP contribution in [0, 0.1) is 6.92 Å². The molecular formula is C15H14N4O. The second-order valence-corrected chi connectivity index (χ2v) is 4.63. The van der Waals surface area contributed by atoms with Crippen molar-refractivity contribution in [3.05, 3.63) is 54.0 Å². The first kappa shape index (κ1) is 12.3. The number of hydrogen-bond acceptors (Lipinski definition) is 3. The molecule has 1 aromatic carbocycles. The lowest BCUT2D eigenvalue weighted by Gasteiger charge is -1.99. The van der Waals surface area contributed by atoms with Crippen molar-refractivity contribution in [2.24, 2.45) is 7.05 Å². The number of aldehydes is 1. The molecule has 2 heterocycles. The molecule has 0 aliphatic rings. The molecule has 0 fully saturated rings. The molecule has 0 radical (unpaired) electrons. The van der Waals surface area contributed by atoms with Crippen LogP contribution in [0.3, 0.4) is 0 Å². The molecule has 3 aromatic rings. The highest BCUT2D eigenvalue weighted by Crippen LogP contribution is 2.24. The number of aryl methyl sites for hydroxylation is 2. The molecule has 0 N–H and O–H groups in total. The van der Waals surface area contributed by atoms with E-state index in [-0.39, 0.29) is 0 Å². The van der Waals surface area contributed by atoms with E-state index in [9.17, 15) is 4.79 Å². The van der Waals surface area contributed by atoms with E-state index >= 15 is 0 Å². The molecule has 0 saturated carbocycles. The summed E-state index contributed by atoms with van der Waals surface area (Å²) in [7, 11) is 1.85. The van der Waals surface area contributed by atoms with E-state index < -0.39 is 0 Å². The predicted molar refractivity (Wildman–Crippen MR) is 75.9 cm³/mol. The average molecular weight is 266 g/mol. The second-order valence-electron chi connectivity index (χ2n) is 4.63. The molecule has 0 aliphatic heterocycles. The number of benzene rings is 1. The highest BCUT2D eigenvalue weighted by atomic mass is 16.1. The molecule has 0 atom stereocenters. The largest absolute Gasteiger partial charge is 0.298 e. The van der Waals surface area contributed by atoms with Crippen LogP contribution in [0.4, 0.5) is 0 Å². The van der Waals surface area contributed by atoms with Crippen molar-refractivity contribution in [2.75, 3.05) is 0 Å². The van der Waals surface area contributed by atoms with Gasteiger partial charge in [0.05, 0.1) is 16.9 Å². The van der Waals surface area contributed by atoms with Gasteiger partial charge in [-0.15, -0.1) is 0 Å². The van der Waals surface area contributed by atoms with Gasteiger partial charge in [0.15, 0.2) is 6.29 Å². The number of carbonyl (C=O) groups is 1. The van der Waals surface area contributed by atoms with Crippen molar-refractivity contribution in [3.63, 3.8) is 0 Å². The van der Waals surface area contributed by atoms with Gasteiger partial charge in [-0.25, -0.2) is 4.68 Å². The van der Waals surface area contributed by atoms with Gasteiger partial charge in [-0.3, -0.25) is 9.48 Å². The summed E-state index contributed by atoms with van der Waals surface area (Å²) in [6.07, 6.45) is 4.44. The lowest BCUT2D eigenvalue weighted by molar-refractivity contribution is 0.112. The highest BCUT2D eigenvalue weighted by molar-refractivity contribution is 5.86. The van der Waals surface area contributed by atoms with E-state index in [0.717, 1.165) is 23.2 Å². The Bertz CT molecular complexity index is 756. The molecule has 0 aliphatic carbocycles. The normalized spacial score (nSPS) is 10.7. The standard InChI is InChI=1S/C15H14N4O/c1-11-14(9-18(2)16-11)15-12(10-20)8-19(17-15)13-6-4-3-5-7-13/h3-10H,1-2H3. The van der Waals surface area contributed by atoms with Crippen LogP contribution in [0.2, 0.25) is 0 Å². The molecule has 3 rings (SSSR count). The number of hydrogen-bond donors (Lipinski definition) is 0. The van der Waals surface area contributed by atoms with Crippen molar-refractivity contribution in [1.29, 1.82) is 0 Å². The molecule has 0 bridgehead atoms. The van der Waals surface area contributed by atoms with Gasteiger partial charge in [0.1, 0.15) is 5.69 Å². The molecule has 0 saturated heterocycles. The maximum atomic E-state index is 11.3. The van der Waals surface area contributed by atoms with Gasteiger partial charge >= 0.3 is 0 Å². The summed E-state index contributed by atoms with van der Waals surface area (Å²) in [5.41, 5.74) is 3.88. The number of para-hydroxylation sites is 1. The maximum absolute atomic E-state index is 11.3. The van der Waals surface area contributed by atoms with Gasteiger partial charge in [-0.1, -0.05) is 18.2 Å². The molecule has 5 heteroatoms. The van der Waals surface area contributed by atoms with Crippen molar-refractivity contribution in [3.8, 4) is 16.9 Å². The molecular weight excluding hydrogens is 252 g/mol. The van der Waals surface area contributed by atoms with Crippen LogP contribution >= 0.6 is 0 Å². The molecule has 20 heavy (non-hydrogen) atoms. The molecule has 0 amide bonds. The fourth-order valence-electron chi connectivity index (χ4n) is 2.23. The Kier molecular flexibility index (Phi) is 2.95. The summed E-state index contributed by atoms with van der Waals surface area (Å²) in [5.74, 6) is 0. The zero-order chi connectivity index (χ0) is 14.1. The molecule has 0 spiro atoms. The third-order valence-electron chi connectivity index (χ3n) is 3.16. The van der Waals surface area contributed by atoms with Crippen LogP contribution in [0.1, 0.15) is 16.1 Å². The van der Waals surface area contributed by atoms with Crippen LogP contribution in [-0.4, -0.2) is 25.8 Å².